The Kier molecular flexibility index (Phi) is 3.96. The minimum atomic E-state index is -3.73. The summed E-state index contributed by atoms with van der Waals surface area (Å²) in [7, 11) is -3.73. The number of rotatable bonds is 4. The lowest BCUT2D eigenvalue weighted by atomic mass is 10.1. The molecule has 0 aliphatic heterocycles. The molecule has 2 rings (SSSR count). The number of anilines is 2. The van der Waals surface area contributed by atoms with Crippen molar-refractivity contribution in [1.29, 1.82) is 0 Å². The van der Waals surface area contributed by atoms with E-state index < -0.39 is 10.0 Å². The first-order chi connectivity index (χ1) is 9.38. The molecule has 1 unspecified atom stereocenters. The second-order valence-electron chi connectivity index (χ2n) is 4.57. The van der Waals surface area contributed by atoms with Gasteiger partial charge in [-0.25, -0.2) is 13.6 Å². The van der Waals surface area contributed by atoms with Crippen molar-refractivity contribution in [3.05, 3.63) is 54.1 Å². The molecule has 2 aromatic rings. The quantitative estimate of drug-likeness (QED) is 0.751. The summed E-state index contributed by atoms with van der Waals surface area (Å²) in [5.41, 5.74) is 8.00. The molecule has 0 heterocycles. The molecule has 5 N–H and O–H groups in total. The largest absolute Gasteiger partial charge is 0.397 e. The molecule has 6 heteroatoms. The third-order valence-corrected chi connectivity index (χ3v) is 3.93. The zero-order valence-electron chi connectivity index (χ0n) is 11.1. The molecule has 5 nitrogen and oxygen atoms in total. The van der Waals surface area contributed by atoms with Crippen molar-refractivity contribution in [2.45, 2.75) is 17.9 Å². The summed E-state index contributed by atoms with van der Waals surface area (Å²) in [6.07, 6.45) is 0. The van der Waals surface area contributed by atoms with Gasteiger partial charge in [0.05, 0.1) is 16.3 Å². The summed E-state index contributed by atoms with van der Waals surface area (Å²) in [5, 5.41) is 8.31. The number of primary sulfonamides is 1. The van der Waals surface area contributed by atoms with Gasteiger partial charge in [-0.3, -0.25) is 0 Å². The van der Waals surface area contributed by atoms with E-state index in [0.717, 1.165) is 5.56 Å². The molecule has 0 saturated heterocycles. The van der Waals surface area contributed by atoms with Crippen molar-refractivity contribution in [2.24, 2.45) is 5.14 Å². The van der Waals surface area contributed by atoms with Crippen LogP contribution in [-0.4, -0.2) is 8.42 Å². The molecule has 2 aromatic carbocycles. The number of nitrogen functional groups attached to an aromatic ring is 1. The van der Waals surface area contributed by atoms with Gasteiger partial charge in [0.2, 0.25) is 10.0 Å². The minimum absolute atomic E-state index is 0.00733. The Hall–Kier alpha value is -2.05. The van der Waals surface area contributed by atoms with Crippen molar-refractivity contribution in [3.63, 3.8) is 0 Å². The van der Waals surface area contributed by atoms with Gasteiger partial charge < -0.3 is 11.1 Å². The summed E-state index contributed by atoms with van der Waals surface area (Å²) >= 11 is 0. The molecule has 106 valence electrons. The van der Waals surface area contributed by atoms with Crippen LogP contribution in [0.2, 0.25) is 0 Å². The van der Waals surface area contributed by atoms with Gasteiger partial charge in [0.15, 0.2) is 0 Å². The van der Waals surface area contributed by atoms with Crippen LogP contribution in [0, 0.1) is 0 Å². The van der Waals surface area contributed by atoms with Crippen molar-refractivity contribution in [2.75, 3.05) is 11.1 Å². The molecule has 0 amide bonds. The Morgan fingerprint density at radius 3 is 2.30 bits per heavy atom. The number of sulfonamides is 1. The molecule has 0 fully saturated rings. The third-order valence-electron chi connectivity index (χ3n) is 3.02. The summed E-state index contributed by atoms with van der Waals surface area (Å²) < 4.78 is 22.5. The van der Waals surface area contributed by atoms with E-state index in [1.165, 1.54) is 12.1 Å². The smallest absolute Gasteiger partial charge is 0.238 e. The molecule has 20 heavy (non-hydrogen) atoms. The van der Waals surface area contributed by atoms with Crippen molar-refractivity contribution in [3.8, 4) is 0 Å². The maximum absolute atomic E-state index is 11.2. The van der Waals surface area contributed by atoms with E-state index >= 15 is 0 Å². The SMILES string of the molecule is CC(Nc1ccc(S(N)(=O)=O)cc1N)c1ccccc1. The van der Waals surface area contributed by atoms with Crippen LogP contribution in [0.4, 0.5) is 11.4 Å². The van der Waals surface area contributed by atoms with Crippen LogP contribution in [-0.2, 0) is 10.0 Å². The fourth-order valence-corrected chi connectivity index (χ4v) is 2.46. The molecular weight excluding hydrogens is 274 g/mol. The molecule has 0 saturated carbocycles. The van der Waals surface area contributed by atoms with Crippen molar-refractivity contribution >= 4 is 21.4 Å². The van der Waals surface area contributed by atoms with Crippen LogP contribution in [0.25, 0.3) is 0 Å². The number of hydrogen-bond donors (Lipinski definition) is 3. The van der Waals surface area contributed by atoms with Gasteiger partial charge in [-0.05, 0) is 30.7 Å². The molecule has 0 bridgehead atoms. The maximum atomic E-state index is 11.2. The second-order valence-corrected chi connectivity index (χ2v) is 6.13. The predicted octanol–water partition coefficient (Wildman–Crippen LogP) is 2.09. The first-order valence-electron chi connectivity index (χ1n) is 6.12. The third kappa shape index (κ3) is 3.28. The number of hydrogen-bond acceptors (Lipinski definition) is 4. The Labute approximate surface area is 118 Å². The van der Waals surface area contributed by atoms with Gasteiger partial charge >= 0.3 is 0 Å². The highest BCUT2D eigenvalue weighted by atomic mass is 32.2. The van der Waals surface area contributed by atoms with E-state index in [9.17, 15) is 8.42 Å². The van der Waals surface area contributed by atoms with Crippen molar-refractivity contribution < 1.29 is 8.42 Å². The normalized spacial score (nSPS) is 12.9. The fourth-order valence-electron chi connectivity index (χ4n) is 1.91. The first kappa shape index (κ1) is 14.4. The Morgan fingerprint density at radius 2 is 1.75 bits per heavy atom. The first-order valence-corrected chi connectivity index (χ1v) is 7.66. The summed E-state index contributed by atoms with van der Waals surface area (Å²) in [6.45, 7) is 2.00. The Bertz CT molecular complexity index is 700. The van der Waals surface area contributed by atoms with E-state index in [-0.39, 0.29) is 10.9 Å². The van der Waals surface area contributed by atoms with Crippen molar-refractivity contribution in [1.82, 2.24) is 0 Å². The highest BCUT2D eigenvalue weighted by molar-refractivity contribution is 7.89. The lowest BCUT2D eigenvalue weighted by Gasteiger charge is -2.17. The minimum Gasteiger partial charge on any atom is -0.397 e. The van der Waals surface area contributed by atoms with Gasteiger partial charge in [0.25, 0.3) is 0 Å². The molecular formula is C14H17N3O2S. The van der Waals surface area contributed by atoms with E-state index in [1.807, 2.05) is 37.3 Å². The summed E-state index contributed by atoms with van der Waals surface area (Å²) in [4.78, 5) is 0.00733. The molecule has 0 radical (unpaired) electrons. The standard InChI is InChI=1S/C14H17N3O2S/c1-10(11-5-3-2-4-6-11)17-14-8-7-12(9-13(14)15)20(16,18)19/h2-10,17H,15H2,1H3,(H2,16,18,19). The second kappa shape index (κ2) is 5.52. The zero-order chi connectivity index (χ0) is 14.8. The van der Waals surface area contributed by atoms with Crippen LogP contribution in [0.3, 0.4) is 0 Å². The maximum Gasteiger partial charge on any atom is 0.238 e. The van der Waals surface area contributed by atoms with Gasteiger partial charge in [-0.1, -0.05) is 30.3 Å². The van der Waals surface area contributed by atoms with Crippen LogP contribution >= 0.6 is 0 Å². The highest BCUT2D eigenvalue weighted by Crippen LogP contribution is 2.26. The predicted molar refractivity (Wildman–Crippen MR) is 80.7 cm³/mol. The molecule has 0 spiro atoms. The highest BCUT2D eigenvalue weighted by Gasteiger charge is 2.11. The molecule has 0 aliphatic carbocycles. The van der Waals surface area contributed by atoms with Gasteiger partial charge in [0, 0.05) is 6.04 Å². The van der Waals surface area contributed by atoms with Crippen LogP contribution < -0.4 is 16.2 Å². The van der Waals surface area contributed by atoms with Gasteiger partial charge in [0.1, 0.15) is 0 Å². The lowest BCUT2D eigenvalue weighted by molar-refractivity contribution is 0.598. The molecule has 0 aliphatic rings. The Balaban J connectivity index is 2.23. The number of nitrogens with two attached hydrogens (primary N) is 2. The van der Waals surface area contributed by atoms with Crippen LogP contribution in [0.15, 0.2) is 53.4 Å². The zero-order valence-corrected chi connectivity index (χ0v) is 11.9. The van der Waals surface area contributed by atoms with Gasteiger partial charge in [-0.2, -0.15) is 0 Å². The van der Waals surface area contributed by atoms with Gasteiger partial charge in [-0.15, -0.1) is 0 Å². The topological polar surface area (TPSA) is 98.2 Å². The lowest BCUT2D eigenvalue weighted by Crippen LogP contribution is -2.13. The molecule has 0 aromatic heterocycles. The Morgan fingerprint density at radius 1 is 1.10 bits per heavy atom. The monoisotopic (exact) mass is 291 g/mol. The average molecular weight is 291 g/mol. The van der Waals surface area contributed by atoms with E-state index in [2.05, 4.69) is 5.32 Å². The average Bonchev–Trinajstić information content (AvgIpc) is 2.41. The number of benzene rings is 2. The van der Waals surface area contributed by atoms with Crippen LogP contribution in [0.1, 0.15) is 18.5 Å². The number of nitrogens with one attached hydrogen (secondary N) is 1. The summed E-state index contributed by atoms with van der Waals surface area (Å²) in [5.74, 6) is 0. The van der Waals surface area contributed by atoms with E-state index in [0.29, 0.717) is 11.4 Å². The van der Waals surface area contributed by atoms with Crippen LogP contribution in [0.5, 0.6) is 0 Å². The molecule has 1 atom stereocenters. The summed E-state index contributed by atoms with van der Waals surface area (Å²) in [6, 6.07) is 14.3. The van der Waals surface area contributed by atoms with E-state index in [4.69, 9.17) is 10.9 Å². The fraction of sp³-hybridized carbons (Fsp3) is 0.143. The van der Waals surface area contributed by atoms with E-state index in [1.54, 1.807) is 6.07 Å².